The molecule has 1 N–H and O–H groups in total. The fourth-order valence-corrected chi connectivity index (χ4v) is 1.52. The molecule has 1 saturated heterocycles. The summed E-state index contributed by atoms with van der Waals surface area (Å²) in [6, 6.07) is -0.190. The average molecular weight is 193 g/mol. The van der Waals surface area contributed by atoms with Crippen molar-refractivity contribution >= 4 is 5.91 Å². The van der Waals surface area contributed by atoms with E-state index in [-0.39, 0.29) is 12.6 Å². The number of aliphatic hydroxyl groups is 1. The van der Waals surface area contributed by atoms with E-state index >= 15 is 0 Å². The normalized spacial score (nSPS) is 29.5. The highest BCUT2D eigenvalue weighted by atomic mass is 19.3. The predicted octanol–water partition coefficient (Wildman–Crippen LogP) is 0.623. The molecular formula is C8H13F2NO2. The first kappa shape index (κ1) is 10.4. The van der Waals surface area contributed by atoms with Crippen molar-refractivity contribution in [2.24, 2.45) is 0 Å². The maximum atomic E-state index is 12.0. The Kier molecular flexibility index (Phi) is 3.19. The average Bonchev–Trinajstić information content (AvgIpc) is 2.08. The van der Waals surface area contributed by atoms with E-state index in [0.717, 1.165) is 4.90 Å². The van der Waals surface area contributed by atoms with Crippen LogP contribution in [0.3, 0.4) is 0 Å². The van der Waals surface area contributed by atoms with E-state index in [9.17, 15) is 18.7 Å². The number of halogens is 2. The van der Waals surface area contributed by atoms with Gasteiger partial charge in [0.1, 0.15) is 0 Å². The number of rotatable bonds is 1. The number of carbonyl (C=O) groups excluding carboxylic acids is 1. The van der Waals surface area contributed by atoms with Gasteiger partial charge in [0, 0.05) is 12.6 Å². The Bertz CT molecular complexity index is 199. The van der Waals surface area contributed by atoms with Crippen LogP contribution in [0.1, 0.15) is 19.8 Å². The third-order valence-corrected chi connectivity index (χ3v) is 2.33. The fraction of sp³-hybridized carbons (Fsp3) is 0.875. The molecule has 0 aromatic rings. The summed E-state index contributed by atoms with van der Waals surface area (Å²) >= 11 is 0. The zero-order chi connectivity index (χ0) is 10.0. The molecule has 0 aliphatic carbocycles. The Morgan fingerprint density at radius 2 is 2.15 bits per heavy atom. The molecule has 0 aromatic carbocycles. The third kappa shape index (κ3) is 2.37. The third-order valence-electron chi connectivity index (χ3n) is 2.33. The SMILES string of the molecule is C[C@@H]1CC[C@@H](O)CN1C(=O)C(F)F. The second kappa shape index (κ2) is 4.00. The molecule has 0 aromatic heterocycles. The van der Waals surface area contributed by atoms with Gasteiger partial charge in [-0.3, -0.25) is 4.79 Å². The summed E-state index contributed by atoms with van der Waals surface area (Å²) in [5.74, 6) is -1.17. The minimum Gasteiger partial charge on any atom is -0.391 e. The molecule has 1 rings (SSSR count). The molecule has 1 aliphatic rings. The van der Waals surface area contributed by atoms with Crippen molar-refractivity contribution in [2.45, 2.75) is 38.3 Å². The molecule has 1 heterocycles. The van der Waals surface area contributed by atoms with E-state index in [0.29, 0.717) is 12.8 Å². The number of aliphatic hydroxyl groups excluding tert-OH is 1. The van der Waals surface area contributed by atoms with Gasteiger partial charge in [0.05, 0.1) is 6.10 Å². The number of hydrogen-bond donors (Lipinski definition) is 1. The van der Waals surface area contributed by atoms with Crippen molar-refractivity contribution in [3.63, 3.8) is 0 Å². The molecule has 2 atom stereocenters. The Morgan fingerprint density at radius 3 is 2.69 bits per heavy atom. The quantitative estimate of drug-likeness (QED) is 0.663. The van der Waals surface area contributed by atoms with Crippen LogP contribution >= 0.6 is 0 Å². The standard InChI is InChI=1S/C8H13F2NO2/c1-5-2-3-6(12)4-11(5)8(13)7(9)10/h5-7,12H,2-4H2,1H3/t5-,6-/m1/s1. The first-order chi connectivity index (χ1) is 6.02. The molecule has 0 unspecified atom stereocenters. The van der Waals surface area contributed by atoms with Crippen LogP contribution in [0.2, 0.25) is 0 Å². The first-order valence-electron chi connectivity index (χ1n) is 4.29. The van der Waals surface area contributed by atoms with Gasteiger partial charge in [0.15, 0.2) is 0 Å². The largest absolute Gasteiger partial charge is 0.391 e. The van der Waals surface area contributed by atoms with Crippen molar-refractivity contribution in [1.82, 2.24) is 4.90 Å². The van der Waals surface area contributed by atoms with E-state index in [1.165, 1.54) is 0 Å². The molecule has 0 radical (unpaired) electrons. The van der Waals surface area contributed by atoms with Crippen molar-refractivity contribution in [3.8, 4) is 0 Å². The van der Waals surface area contributed by atoms with Crippen LogP contribution in [0.5, 0.6) is 0 Å². The predicted molar refractivity (Wildman–Crippen MR) is 42.4 cm³/mol. The van der Waals surface area contributed by atoms with Crippen LogP contribution in [-0.2, 0) is 4.79 Å². The number of amides is 1. The molecule has 0 spiro atoms. The minimum atomic E-state index is -2.97. The van der Waals surface area contributed by atoms with Gasteiger partial charge in [-0.15, -0.1) is 0 Å². The number of nitrogens with zero attached hydrogens (tertiary/aromatic N) is 1. The molecule has 76 valence electrons. The van der Waals surface area contributed by atoms with Crippen molar-refractivity contribution in [3.05, 3.63) is 0 Å². The Morgan fingerprint density at radius 1 is 1.54 bits per heavy atom. The number of piperidine rings is 1. The van der Waals surface area contributed by atoms with Gasteiger partial charge in [0.2, 0.25) is 0 Å². The lowest BCUT2D eigenvalue weighted by molar-refractivity contribution is -0.148. The number of alkyl halides is 2. The van der Waals surface area contributed by atoms with Crippen LogP contribution in [0, 0.1) is 0 Å². The van der Waals surface area contributed by atoms with E-state index in [2.05, 4.69) is 0 Å². The van der Waals surface area contributed by atoms with Crippen molar-refractivity contribution < 1.29 is 18.7 Å². The lowest BCUT2D eigenvalue weighted by Crippen LogP contribution is -2.49. The summed E-state index contributed by atoms with van der Waals surface area (Å²) in [4.78, 5) is 12.0. The second-order valence-electron chi connectivity index (χ2n) is 3.37. The number of carbonyl (C=O) groups is 1. The van der Waals surface area contributed by atoms with Crippen LogP contribution < -0.4 is 0 Å². The van der Waals surface area contributed by atoms with Gasteiger partial charge < -0.3 is 10.0 Å². The lowest BCUT2D eigenvalue weighted by atomic mass is 10.0. The Labute approximate surface area is 75.3 Å². The summed E-state index contributed by atoms with van der Waals surface area (Å²) in [6.07, 6.45) is -2.46. The van der Waals surface area contributed by atoms with Gasteiger partial charge >= 0.3 is 6.43 Å². The smallest absolute Gasteiger partial charge is 0.315 e. The maximum absolute atomic E-state index is 12.0. The number of β-amino-alcohol motifs (C(OH)–C–C–N with tert-alkyl or cyclic N) is 1. The summed E-state index contributed by atoms with van der Waals surface area (Å²) in [5, 5.41) is 9.19. The second-order valence-corrected chi connectivity index (χ2v) is 3.37. The highest BCUT2D eigenvalue weighted by Crippen LogP contribution is 2.18. The highest BCUT2D eigenvalue weighted by Gasteiger charge is 2.32. The molecule has 0 saturated carbocycles. The maximum Gasteiger partial charge on any atom is 0.315 e. The molecule has 1 amide bonds. The molecule has 13 heavy (non-hydrogen) atoms. The van der Waals surface area contributed by atoms with E-state index in [1.54, 1.807) is 6.92 Å². The van der Waals surface area contributed by atoms with Gasteiger partial charge in [-0.25, -0.2) is 0 Å². The zero-order valence-corrected chi connectivity index (χ0v) is 7.41. The topological polar surface area (TPSA) is 40.5 Å². The van der Waals surface area contributed by atoms with Crippen LogP contribution in [0.25, 0.3) is 0 Å². The summed E-state index contributed by atoms with van der Waals surface area (Å²) in [5.41, 5.74) is 0. The van der Waals surface area contributed by atoms with Crippen molar-refractivity contribution in [1.29, 1.82) is 0 Å². The summed E-state index contributed by atoms with van der Waals surface area (Å²) < 4.78 is 24.1. The Hall–Kier alpha value is -0.710. The molecule has 0 bridgehead atoms. The van der Waals surface area contributed by atoms with E-state index < -0.39 is 18.4 Å². The molecule has 1 aliphatic heterocycles. The molecular weight excluding hydrogens is 180 g/mol. The van der Waals surface area contributed by atoms with Crippen LogP contribution in [0.15, 0.2) is 0 Å². The first-order valence-corrected chi connectivity index (χ1v) is 4.29. The fourth-order valence-electron chi connectivity index (χ4n) is 1.52. The van der Waals surface area contributed by atoms with Gasteiger partial charge in [0.25, 0.3) is 5.91 Å². The van der Waals surface area contributed by atoms with Gasteiger partial charge in [-0.2, -0.15) is 8.78 Å². The number of hydrogen-bond acceptors (Lipinski definition) is 2. The van der Waals surface area contributed by atoms with Gasteiger partial charge in [-0.1, -0.05) is 0 Å². The lowest BCUT2D eigenvalue weighted by Gasteiger charge is -2.35. The summed E-state index contributed by atoms with van der Waals surface area (Å²) in [7, 11) is 0. The summed E-state index contributed by atoms with van der Waals surface area (Å²) in [6.45, 7) is 1.75. The van der Waals surface area contributed by atoms with E-state index in [1.807, 2.05) is 0 Å². The van der Waals surface area contributed by atoms with Crippen LogP contribution in [0.4, 0.5) is 8.78 Å². The highest BCUT2D eigenvalue weighted by molar-refractivity contribution is 5.79. The van der Waals surface area contributed by atoms with Crippen molar-refractivity contribution in [2.75, 3.05) is 6.54 Å². The van der Waals surface area contributed by atoms with Gasteiger partial charge in [-0.05, 0) is 19.8 Å². The monoisotopic (exact) mass is 193 g/mol. The molecule has 3 nitrogen and oxygen atoms in total. The Balaban J connectivity index is 2.60. The minimum absolute atomic E-state index is 0.0321. The molecule has 5 heteroatoms. The zero-order valence-electron chi connectivity index (χ0n) is 7.41. The molecule has 1 fully saturated rings. The number of likely N-dealkylation sites (tertiary alicyclic amines) is 1. The van der Waals surface area contributed by atoms with E-state index in [4.69, 9.17) is 0 Å². The van der Waals surface area contributed by atoms with Crippen LogP contribution in [-0.4, -0.2) is 41.0 Å².